The highest BCUT2D eigenvalue weighted by Gasteiger charge is 2.11. The van der Waals surface area contributed by atoms with Crippen molar-refractivity contribution in [3.05, 3.63) is 29.8 Å². The summed E-state index contributed by atoms with van der Waals surface area (Å²) in [6.07, 6.45) is 3.53. The van der Waals surface area contributed by atoms with Crippen LogP contribution in [0.4, 0.5) is 0 Å². The molecule has 0 aliphatic carbocycles. The van der Waals surface area contributed by atoms with Crippen molar-refractivity contribution in [1.82, 2.24) is 10.2 Å². The first-order valence-corrected chi connectivity index (χ1v) is 8.94. The first-order chi connectivity index (χ1) is 11.4. The van der Waals surface area contributed by atoms with Crippen LogP contribution in [0, 0.1) is 0 Å². The van der Waals surface area contributed by atoms with Crippen LogP contribution in [0.25, 0.3) is 0 Å². The van der Waals surface area contributed by atoms with Crippen molar-refractivity contribution >= 4 is 29.9 Å². The number of aliphatic imine (C=N–C) groups is 1. The van der Waals surface area contributed by atoms with Gasteiger partial charge in [0.25, 0.3) is 0 Å². The van der Waals surface area contributed by atoms with Gasteiger partial charge in [0.1, 0.15) is 12.4 Å². The zero-order valence-electron chi connectivity index (χ0n) is 15.8. The van der Waals surface area contributed by atoms with Crippen LogP contribution in [-0.4, -0.2) is 49.2 Å². The Morgan fingerprint density at radius 1 is 1.20 bits per heavy atom. The lowest BCUT2D eigenvalue weighted by Crippen LogP contribution is -2.45. The van der Waals surface area contributed by atoms with E-state index in [4.69, 9.17) is 10.5 Å². The molecule has 0 unspecified atom stereocenters. The average molecular weight is 460 g/mol. The lowest BCUT2D eigenvalue weighted by molar-refractivity contribution is 0.238. The molecule has 5 nitrogen and oxygen atoms in total. The largest absolute Gasteiger partial charge is 0.492 e. The number of rotatable bonds is 7. The van der Waals surface area contributed by atoms with E-state index in [1.54, 1.807) is 0 Å². The summed E-state index contributed by atoms with van der Waals surface area (Å²) in [6, 6.07) is 8.29. The Morgan fingerprint density at radius 2 is 1.84 bits per heavy atom. The van der Waals surface area contributed by atoms with Gasteiger partial charge in [0.15, 0.2) is 5.96 Å². The monoisotopic (exact) mass is 460 g/mol. The third kappa shape index (κ3) is 9.30. The number of nitrogens with one attached hydrogen (secondary N) is 1. The summed E-state index contributed by atoms with van der Waals surface area (Å²) >= 11 is 0. The normalized spacial score (nSPS) is 15.7. The van der Waals surface area contributed by atoms with Crippen LogP contribution < -0.4 is 15.8 Å². The summed E-state index contributed by atoms with van der Waals surface area (Å²) in [5.74, 6) is 1.44. The van der Waals surface area contributed by atoms with E-state index in [1.165, 1.54) is 31.5 Å². The second kappa shape index (κ2) is 10.9. The molecule has 0 saturated carbocycles. The number of halogens is 1. The molecule has 1 aromatic carbocycles. The second-order valence-electron chi connectivity index (χ2n) is 7.43. The highest BCUT2D eigenvalue weighted by Crippen LogP contribution is 2.13. The molecule has 142 valence electrons. The van der Waals surface area contributed by atoms with Crippen molar-refractivity contribution in [2.24, 2.45) is 10.7 Å². The fourth-order valence-electron chi connectivity index (χ4n) is 2.78. The third-order valence-corrected chi connectivity index (χ3v) is 3.98. The maximum Gasteiger partial charge on any atom is 0.188 e. The molecule has 25 heavy (non-hydrogen) atoms. The van der Waals surface area contributed by atoms with E-state index >= 15 is 0 Å². The van der Waals surface area contributed by atoms with Gasteiger partial charge in [-0.3, -0.25) is 9.89 Å². The average Bonchev–Trinajstić information content (AvgIpc) is 3.00. The number of nitrogens with two attached hydrogens (primary N) is 1. The van der Waals surface area contributed by atoms with E-state index < -0.39 is 0 Å². The van der Waals surface area contributed by atoms with Gasteiger partial charge in [-0.05, 0) is 70.8 Å². The Morgan fingerprint density at radius 3 is 2.44 bits per heavy atom. The Labute approximate surface area is 169 Å². The van der Waals surface area contributed by atoms with Gasteiger partial charge in [0, 0.05) is 18.6 Å². The smallest absolute Gasteiger partial charge is 0.188 e. The molecular weight excluding hydrogens is 427 g/mol. The molecule has 1 aromatic rings. The molecule has 1 aliphatic rings. The lowest BCUT2D eigenvalue weighted by atomic mass is 10.1. The van der Waals surface area contributed by atoms with Gasteiger partial charge in [-0.25, -0.2) is 0 Å². The number of ether oxygens (including phenoxy) is 1. The van der Waals surface area contributed by atoms with E-state index in [2.05, 4.69) is 48.1 Å². The minimum atomic E-state index is -0.0539. The number of likely N-dealkylation sites (tertiary alicyclic amines) is 1. The highest BCUT2D eigenvalue weighted by atomic mass is 127. The Balaban J connectivity index is 0.00000312. The number of hydrogen-bond acceptors (Lipinski definition) is 3. The first-order valence-electron chi connectivity index (χ1n) is 8.94. The topological polar surface area (TPSA) is 62.9 Å². The molecule has 1 aliphatic heterocycles. The lowest BCUT2D eigenvalue weighted by Gasteiger charge is -2.20. The Kier molecular flexibility index (Phi) is 9.56. The maximum absolute atomic E-state index is 5.87. The van der Waals surface area contributed by atoms with Crippen molar-refractivity contribution in [2.45, 2.75) is 45.6 Å². The van der Waals surface area contributed by atoms with Crippen molar-refractivity contribution in [3.63, 3.8) is 0 Å². The van der Waals surface area contributed by atoms with Crippen LogP contribution in [0.3, 0.4) is 0 Å². The summed E-state index contributed by atoms with van der Waals surface area (Å²) in [7, 11) is 0. The predicted molar refractivity (Wildman–Crippen MR) is 116 cm³/mol. The van der Waals surface area contributed by atoms with Crippen LogP contribution in [0.1, 0.15) is 39.2 Å². The van der Waals surface area contributed by atoms with Gasteiger partial charge < -0.3 is 15.8 Å². The van der Waals surface area contributed by atoms with Crippen molar-refractivity contribution in [3.8, 4) is 5.75 Å². The number of guanidine groups is 1. The molecule has 0 aromatic heterocycles. The van der Waals surface area contributed by atoms with Gasteiger partial charge in [0.05, 0.1) is 0 Å². The van der Waals surface area contributed by atoms with E-state index in [0.29, 0.717) is 12.5 Å². The van der Waals surface area contributed by atoms with Crippen LogP contribution in [0.5, 0.6) is 5.75 Å². The summed E-state index contributed by atoms with van der Waals surface area (Å²) in [4.78, 5) is 6.83. The molecule has 3 N–H and O–H groups in total. The number of hydrogen-bond donors (Lipinski definition) is 2. The molecule has 0 bridgehead atoms. The summed E-state index contributed by atoms with van der Waals surface area (Å²) in [6.45, 7) is 11.1. The van der Waals surface area contributed by atoms with E-state index in [9.17, 15) is 0 Å². The molecule has 2 rings (SSSR count). The minimum Gasteiger partial charge on any atom is -0.492 e. The van der Waals surface area contributed by atoms with Crippen LogP contribution in [0.2, 0.25) is 0 Å². The Bertz CT molecular complexity index is 519. The van der Waals surface area contributed by atoms with Gasteiger partial charge in [-0.1, -0.05) is 12.1 Å². The van der Waals surface area contributed by atoms with Gasteiger partial charge >= 0.3 is 0 Å². The second-order valence-corrected chi connectivity index (χ2v) is 7.43. The van der Waals surface area contributed by atoms with Gasteiger partial charge in [-0.15, -0.1) is 24.0 Å². The zero-order valence-corrected chi connectivity index (χ0v) is 18.1. The molecular formula is C19H33IN4O. The number of nitrogens with zero attached hydrogens (tertiary/aromatic N) is 2. The summed E-state index contributed by atoms with van der Waals surface area (Å²) in [5.41, 5.74) is 7.06. The van der Waals surface area contributed by atoms with Gasteiger partial charge in [0.2, 0.25) is 0 Å². The Hall–Kier alpha value is -1.02. The van der Waals surface area contributed by atoms with Crippen LogP contribution in [0.15, 0.2) is 29.3 Å². The first kappa shape index (κ1) is 22.0. The van der Waals surface area contributed by atoms with E-state index in [-0.39, 0.29) is 29.5 Å². The summed E-state index contributed by atoms with van der Waals surface area (Å²) in [5, 5.41) is 3.16. The predicted octanol–water partition coefficient (Wildman–Crippen LogP) is 3.02. The van der Waals surface area contributed by atoms with Gasteiger partial charge in [-0.2, -0.15) is 0 Å². The molecule has 1 heterocycles. The number of benzene rings is 1. The highest BCUT2D eigenvalue weighted by molar-refractivity contribution is 14.0. The molecule has 1 fully saturated rings. The third-order valence-electron chi connectivity index (χ3n) is 3.98. The summed E-state index contributed by atoms with van der Waals surface area (Å²) < 4.78 is 5.82. The molecule has 0 amide bonds. The molecule has 0 atom stereocenters. The molecule has 6 heteroatoms. The van der Waals surface area contributed by atoms with Crippen molar-refractivity contribution in [1.29, 1.82) is 0 Å². The van der Waals surface area contributed by atoms with Crippen molar-refractivity contribution in [2.75, 3.05) is 32.8 Å². The minimum absolute atomic E-state index is 0. The standard InChI is InChI=1S/C19H32N4O.HI/c1-19(2,3)22-18(20)21-11-10-16-6-8-17(9-7-16)24-15-14-23-12-4-5-13-23;/h6-9H,4-5,10-15H2,1-3H3,(H3,20,21,22);1H. The van der Waals surface area contributed by atoms with Crippen LogP contribution in [-0.2, 0) is 6.42 Å². The quantitative estimate of drug-likeness (QED) is 0.373. The maximum atomic E-state index is 5.87. The fraction of sp³-hybridized carbons (Fsp3) is 0.632. The van der Waals surface area contributed by atoms with E-state index in [0.717, 1.165) is 25.3 Å². The van der Waals surface area contributed by atoms with E-state index in [1.807, 2.05) is 12.1 Å². The molecule has 0 spiro atoms. The molecule has 1 saturated heterocycles. The molecule has 0 radical (unpaired) electrons. The zero-order chi connectivity index (χ0) is 17.4. The van der Waals surface area contributed by atoms with Crippen LogP contribution >= 0.6 is 24.0 Å². The SMILES string of the molecule is CC(C)(C)NC(N)=NCCc1ccc(OCCN2CCCC2)cc1.I. The van der Waals surface area contributed by atoms with Crippen molar-refractivity contribution < 1.29 is 4.74 Å². The fourth-order valence-corrected chi connectivity index (χ4v) is 2.78.